The van der Waals surface area contributed by atoms with Crippen molar-refractivity contribution in [1.82, 2.24) is 24.4 Å². The molecule has 2 aromatic rings. The zero-order valence-electron chi connectivity index (χ0n) is 11.3. The van der Waals surface area contributed by atoms with Crippen LogP contribution in [0.2, 0.25) is 0 Å². The fourth-order valence-electron chi connectivity index (χ4n) is 1.90. The van der Waals surface area contributed by atoms with Crippen LogP contribution in [0.3, 0.4) is 0 Å². The lowest BCUT2D eigenvalue weighted by atomic mass is 10.1. The van der Waals surface area contributed by atoms with E-state index in [4.69, 9.17) is 0 Å². The third-order valence-electron chi connectivity index (χ3n) is 3.29. The van der Waals surface area contributed by atoms with Crippen LogP contribution >= 0.6 is 0 Å². The van der Waals surface area contributed by atoms with Gasteiger partial charge in [0.1, 0.15) is 0 Å². The van der Waals surface area contributed by atoms with Crippen LogP contribution in [0.5, 0.6) is 0 Å². The first-order valence-corrected chi connectivity index (χ1v) is 6.36. The molecule has 1 N–H and O–H groups in total. The first-order valence-electron chi connectivity index (χ1n) is 6.36. The lowest BCUT2D eigenvalue weighted by Crippen LogP contribution is -2.35. The van der Waals surface area contributed by atoms with Crippen LogP contribution in [0, 0.1) is 0 Å². The second-order valence-electron chi connectivity index (χ2n) is 4.69. The molecule has 2 aromatic heterocycles. The average Bonchev–Trinajstić information content (AvgIpc) is 2.82. The topological polar surface area (TPSA) is 66.8 Å². The lowest BCUT2D eigenvalue weighted by Gasteiger charge is -2.24. The van der Waals surface area contributed by atoms with Gasteiger partial charge in [-0.1, -0.05) is 0 Å². The number of likely N-dealkylation sites (N-methyl/N-ethyl adjacent to an activating group) is 1. The van der Waals surface area contributed by atoms with Crippen LogP contribution in [-0.2, 0) is 13.0 Å². The van der Waals surface area contributed by atoms with Gasteiger partial charge in [0.15, 0.2) is 0 Å². The highest BCUT2D eigenvalue weighted by Crippen LogP contribution is 2.03. The SMILES string of the molecule is C[C@@H](Cc1cnccn1)N(C)CCn1cc[nH]c1=O. The van der Waals surface area contributed by atoms with Gasteiger partial charge in [0.2, 0.25) is 0 Å². The Morgan fingerprint density at radius 1 is 1.47 bits per heavy atom. The van der Waals surface area contributed by atoms with Crippen LogP contribution in [0.15, 0.2) is 35.8 Å². The fourth-order valence-corrected chi connectivity index (χ4v) is 1.90. The highest BCUT2D eigenvalue weighted by atomic mass is 16.1. The molecule has 19 heavy (non-hydrogen) atoms. The molecule has 2 rings (SSSR count). The van der Waals surface area contributed by atoms with Gasteiger partial charge in [-0.05, 0) is 14.0 Å². The molecule has 0 unspecified atom stereocenters. The van der Waals surface area contributed by atoms with Crippen molar-refractivity contribution in [3.8, 4) is 0 Å². The van der Waals surface area contributed by atoms with Crippen molar-refractivity contribution in [2.45, 2.75) is 25.9 Å². The highest BCUT2D eigenvalue weighted by molar-refractivity contribution is 4.97. The van der Waals surface area contributed by atoms with Gasteiger partial charge in [-0.2, -0.15) is 0 Å². The zero-order valence-corrected chi connectivity index (χ0v) is 11.3. The summed E-state index contributed by atoms with van der Waals surface area (Å²) in [6, 6.07) is 0.353. The molecule has 2 heterocycles. The summed E-state index contributed by atoms with van der Waals surface area (Å²) in [6.07, 6.45) is 9.46. The Labute approximate surface area is 112 Å². The second kappa shape index (κ2) is 6.29. The average molecular weight is 261 g/mol. The maximum Gasteiger partial charge on any atom is 0.325 e. The quantitative estimate of drug-likeness (QED) is 0.823. The summed E-state index contributed by atoms with van der Waals surface area (Å²) in [5.74, 6) is 0. The molecular weight excluding hydrogens is 242 g/mol. The molecule has 0 saturated heterocycles. The Morgan fingerprint density at radius 3 is 2.95 bits per heavy atom. The minimum atomic E-state index is -0.0602. The maximum absolute atomic E-state index is 11.4. The largest absolute Gasteiger partial charge is 0.325 e. The van der Waals surface area contributed by atoms with Crippen LogP contribution in [0.4, 0.5) is 0 Å². The van der Waals surface area contributed by atoms with Crippen LogP contribution < -0.4 is 5.69 Å². The predicted octanol–water partition coefficient (Wildman–Crippen LogP) is 0.529. The van der Waals surface area contributed by atoms with E-state index in [0.29, 0.717) is 12.6 Å². The smallest absolute Gasteiger partial charge is 0.313 e. The van der Waals surface area contributed by atoms with Gasteiger partial charge in [-0.15, -0.1) is 0 Å². The van der Waals surface area contributed by atoms with E-state index in [9.17, 15) is 4.79 Å². The number of hydrogen-bond donors (Lipinski definition) is 1. The summed E-state index contributed by atoms with van der Waals surface area (Å²) in [7, 11) is 2.05. The van der Waals surface area contributed by atoms with Crippen molar-refractivity contribution in [2.75, 3.05) is 13.6 Å². The summed E-state index contributed by atoms with van der Waals surface area (Å²) in [4.78, 5) is 24.6. The van der Waals surface area contributed by atoms with Crippen LogP contribution in [-0.4, -0.2) is 44.1 Å². The van der Waals surface area contributed by atoms with E-state index in [-0.39, 0.29) is 5.69 Å². The number of imidazole rings is 1. The molecule has 6 nitrogen and oxygen atoms in total. The van der Waals surface area contributed by atoms with Gasteiger partial charge in [-0.3, -0.25) is 14.5 Å². The number of rotatable bonds is 6. The molecule has 0 radical (unpaired) electrons. The summed E-state index contributed by atoms with van der Waals surface area (Å²) < 4.78 is 1.67. The van der Waals surface area contributed by atoms with Crippen molar-refractivity contribution < 1.29 is 0 Å². The van der Waals surface area contributed by atoms with E-state index in [1.807, 2.05) is 0 Å². The fraction of sp³-hybridized carbons (Fsp3) is 0.462. The number of nitrogens with one attached hydrogen (secondary N) is 1. The molecule has 0 aliphatic heterocycles. The minimum Gasteiger partial charge on any atom is -0.313 e. The molecule has 0 aliphatic carbocycles. The van der Waals surface area contributed by atoms with Crippen molar-refractivity contribution in [3.63, 3.8) is 0 Å². The van der Waals surface area contributed by atoms with E-state index in [1.165, 1.54) is 0 Å². The molecule has 6 heteroatoms. The zero-order chi connectivity index (χ0) is 13.7. The van der Waals surface area contributed by atoms with Gasteiger partial charge >= 0.3 is 5.69 Å². The standard InChI is InChI=1S/C13H19N5O/c1-11(9-12-10-14-3-4-15-12)17(2)7-8-18-6-5-16-13(18)19/h3-6,10-11H,7-9H2,1-2H3,(H,16,19)/t11-/m0/s1. The molecule has 0 fully saturated rings. The van der Waals surface area contributed by atoms with Crippen molar-refractivity contribution in [3.05, 3.63) is 47.2 Å². The van der Waals surface area contributed by atoms with E-state index >= 15 is 0 Å². The molecule has 0 aromatic carbocycles. The van der Waals surface area contributed by atoms with E-state index in [2.05, 4.69) is 33.8 Å². The van der Waals surface area contributed by atoms with Crippen molar-refractivity contribution in [1.29, 1.82) is 0 Å². The summed E-state index contributed by atoms with van der Waals surface area (Å²) in [5.41, 5.74) is 0.927. The monoisotopic (exact) mass is 261 g/mol. The summed E-state index contributed by atoms with van der Waals surface area (Å²) in [5, 5.41) is 0. The Bertz CT molecular complexity index is 547. The van der Waals surface area contributed by atoms with Gasteiger partial charge in [0.25, 0.3) is 0 Å². The molecule has 0 saturated carbocycles. The van der Waals surface area contributed by atoms with E-state index in [0.717, 1.165) is 18.7 Å². The number of aromatic amines is 1. The van der Waals surface area contributed by atoms with Crippen LogP contribution in [0.1, 0.15) is 12.6 Å². The minimum absolute atomic E-state index is 0.0602. The van der Waals surface area contributed by atoms with E-state index < -0.39 is 0 Å². The normalized spacial score (nSPS) is 12.8. The van der Waals surface area contributed by atoms with Crippen molar-refractivity contribution >= 4 is 0 Å². The number of nitrogens with zero attached hydrogens (tertiary/aromatic N) is 4. The first kappa shape index (κ1) is 13.5. The Balaban J connectivity index is 1.84. The molecule has 0 amide bonds. The summed E-state index contributed by atoms with van der Waals surface area (Å²) in [6.45, 7) is 3.65. The molecule has 0 spiro atoms. The third-order valence-corrected chi connectivity index (χ3v) is 3.29. The van der Waals surface area contributed by atoms with Gasteiger partial charge in [-0.25, -0.2) is 4.79 Å². The maximum atomic E-state index is 11.4. The second-order valence-corrected chi connectivity index (χ2v) is 4.69. The van der Waals surface area contributed by atoms with Gasteiger partial charge in [0, 0.05) is 56.5 Å². The molecule has 1 atom stereocenters. The predicted molar refractivity (Wildman–Crippen MR) is 72.9 cm³/mol. The number of hydrogen-bond acceptors (Lipinski definition) is 4. The van der Waals surface area contributed by atoms with Crippen molar-refractivity contribution in [2.24, 2.45) is 0 Å². The Hall–Kier alpha value is -1.95. The third kappa shape index (κ3) is 3.75. The van der Waals surface area contributed by atoms with Crippen LogP contribution in [0.25, 0.3) is 0 Å². The summed E-state index contributed by atoms with van der Waals surface area (Å²) >= 11 is 0. The Morgan fingerprint density at radius 2 is 2.32 bits per heavy atom. The molecule has 0 bridgehead atoms. The molecule has 0 aliphatic rings. The van der Waals surface area contributed by atoms with E-state index in [1.54, 1.807) is 35.6 Å². The molecule has 102 valence electrons. The van der Waals surface area contributed by atoms with Gasteiger partial charge < -0.3 is 9.88 Å². The molecular formula is C13H19N5O. The first-order chi connectivity index (χ1) is 9.16. The lowest BCUT2D eigenvalue weighted by molar-refractivity contribution is 0.244. The highest BCUT2D eigenvalue weighted by Gasteiger charge is 2.11. The Kier molecular flexibility index (Phi) is 4.46. The number of aromatic nitrogens is 4. The number of H-pyrrole nitrogens is 1. The van der Waals surface area contributed by atoms with Gasteiger partial charge in [0.05, 0.1) is 5.69 Å².